The molecule has 0 bridgehead atoms. The van der Waals surface area contributed by atoms with Crippen molar-refractivity contribution in [2.75, 3.05) is 0 Å². The van der Waals surface area contributed by atoms with E-state index in [-0.39, 0.29) is 5.91 Å². The molecular formula is C20H23N5O2. The van der Waals surface area contributed by atoms with E-state index in [2.05, 4.69) is 40.3 Å². The third kappa shape index (κ3) is 4.69. The third-order valence-electron chi connectivity index (χ3n) is 4.16. The highest BCUT2D eigenvalue weighted by Gasteiger charge is 2.16. The molecule has 1 atom stereocenters. The smallest absolute Gasteiger partial charge is 0.261 e. The van der Waals surface area contributed by atoms with Crippen LogP contribution in [0.4, 0.5) is 0 Å². The maximum atomic E-state index is 12.4. The summed E-state index contributed by atoms with van der Waals surface area (Å²) >= 11 is 0. The molecule has 1 amide bonds. The van der Waals surface area contributed by atoms with Gasteiger partial charge >= 0.3 is 0 Å². The summed E-state index contributed by atoms with van der Waals surface area (Å²) in [6.07, 6.45) is 4.08. The SMILES string of the molecule is CC(C)c1cccc(O[C@H](C)C(=O)NCc2cccnc2-n2cncn2)c1. The molecule has 0 spiro atoms. The van der Waals surface area contributed by atoms with E-state index in [0.29, 0.717) is 24.0 Å². The summed E-state index contributed by atoms with van der Waals surface area (Å²) < 4.78 is 7.37. The molecule has 0 aliphatic rings. The Morgan fingerprint density at radius 2 is 2.07 bits per heavy atom. The average molecular weight is 365 g/mol. The Hall–Kier alpha value is -3.22. The lowest BCUT2D eigenvalue weighted by atomic mass is 10.0. The van der Waals surface area contributed by atoms with E-state index < -0.39 is 6.10 Å². The molecular weight excluding hydrogens is 342 g/mol. The predicted octanol–water partition coefficient (Wildman–Crippen LogP) is 2.87. The topological polar surface area (TPSA) is 81.9 Å². The largest absolute Gasteiger partial charge is 0.481 e. The highest BCUT2D eigenvalue weighted by atomic mass is 16.5. The number of rotatable bonds is 7. The second-order valence-electron chi connectivity index (χ2n) is 6.53. The molecule has 7 nitrogen and oxygen atoms in total. The van der Waals surface area contributed by atoms with Crippen molar-refractivity contribution in [3.63, 3.8) is 0 Å². The van der Waals surface area contributed by atoms with Gasteiger partial charge in [-0.05, 0) is 36.6 Å². The zero-order valence-electron chi connectivity index (χ0n) is 15.7. The molecule has 0 fully saturated rings. The molecule has 2 aromatic heterocycles. The van der Waals surface area contributed by atoms with E-state index in [0.717, 1.165) is 5.56 Å². The van der Waals surface area contributed by atoms with E-state index in [1.807, 2.05) is 30.3 Å². The summed E-state index contributed by atoms with van der Waals surface area (Å²) in [7, 11) is 0. The number of carbonyl (C=O) groups is 1. The molecule has 7 heteroatoms. The van der Waals surface area contributed by atoms with Gasteiger partial charge < -0.3 is 10.1 Å². The summed E-state index contributed by atoms with van der Waals surface area (Å²) in [5.41, 5.74) is 2.01. The van der Waals surface area contributed by atoms with Gasteiger partial charge in [0.2, 0.25) is 0 Å². The fraction of sp³-hybridized carbons (Fsp3) is 0.300. The summed E-state index contributed by atoms with van der Waals surface area (Å²) in [6, 6.07) is 11.5. The number of amides is 1. The van der Waals surface area contributed by atoms with Gasteiger partial charge in [-0.3, -0.25) is 4.79 Å². The van der Waals surface area contributed by atoms with Gasteiger partial charge in [0.15, 0.2) is 11.9 Å². The van der Waals surface area contributed by atoms with Crippen molar-refractivity contribution < 1.29 is 9.53 Å². The molecule has 0 saturated heterocycles. The van der Waals surface area contributed by atoms with Crippen LogP contribution in [0.2, 0.25) is 0 Å². The van der Waals surface area contributed by atoms with Gasteiger partial charge in [0, 0.05) is 18.3 Å². The van der Waals surface area contributed by atoms with Crippen molar-refractivity contribution in [2.45, 2.75) is 39.3 Å². The lowest BCUT2D eigenvalue weighted by molar-refractivity contribution is -0.127. The van der Waals surface area contributed by atoms with E-state index in [9.17, 15) is 4.79 Å². The molecule has 3 aromatic rings. The molecule has 1 N–H and O–H groups in total. The van der Waals surface area contributed by atoms with Gasteiger partial charge in [0.25, 0.3) is 5.91 Å². The molecule has 3 rings (SSSR count). The van der Waals surface area contributed by atoms with Crippen molar-refractivity contribution in [1.29, 1.82) is 0 Å². The highest BCUT2D eigenvalue weighted by Crippen LogP contribution is 2.21. The second kappa shape index (κ2) is 8.44. The van der Waals surface area contributed by atoms with Crippen molar-refractivity contribution in [3.8, 4) is 11.6 Å². The van der Waals surface area contributed by atoms with Crippen LogP contribution in [0, 0.1) is 0 Å². The summed E-state index contributed by atoms with van der Waals surface area (Å²) in [6.45, 7) is 6.30. The van der Waals surface area contributed by atoms with Crippen LogP contribution in [-0.4, -0.2) is 31.8 Å². The van der Waals surface area contributed by atoms with Crippen LogP contribution in [0.15, 0.2) is 55.2 Å². The van der Waals surface area contributed by atoms with Crippen LogP contribution in [0.1, 0.15) is 37.8 Å². The minimum atomic E-state index is -0.612. The zero-order valence-corrected chi connectivity index (χ0v) is 15.7. The van der Waals surface area contributed by atoms with Crippen molar-refractivity contribution in [1.82, 2.24) is 25.1 Å². The first-order valence-electron chi connectivity index (χ1n) is 8.88. The molecule has 27 heavy (non-hydrogen) atoms. The summed E-state index contributed by atoms with van der Waals surface area (Å²) in [4.78, 5) is 20.7. The van der Waals surface area contributed by atoms with E-state index in [1.54, 1.807) is 24.1 Å². The fourth-order valence-corrected chi connectivity index (χ4v) is 2.62. The van der Waals surface area contributed by atoms with Crippen LogP contribution in [0.25, 0.3) is 5.82 Å². The third-order valence-corrected chi connectivity index (χ3v) is 4.16. The van der Waals surface area contributed by atoms with Crippen LogP contribution in [-0.2, 0) is 11.3 Å². The van der Waals surface area contributed by atoms with E-state index in [1.165, 1.54) is 11.9 Å². The number of hydrogen-bond donors (Lipinski definition) is 1. The van der Waals surface area contributed by atoms with Gasteiger partial charge in [-0.1, -0.05) is 32.0 Å². The lowest BCUT2D eigenvalue weighted by Gasteiger charge is -2.16. The van der Waals surface area contributed by atoms with Crippen LogP contribution in [0.3, 0.4) is 0 Å². The Balaban J connectivity index is 1.62. The molecule has 0 unspecified atom stereocenters. The van der Waals surface area contributed by atoms with Crippen molar-refractivity contribution in [3.05, 3.63) is 66.4 Å². The molecule has 1 aromatic carbocycles. The minimum Gasteiger partial charge on any atom is -0.481 e. The number of aromatic nitrogens is 4. The van der Waals surface area contributed by atoms with E-state index >= 15 is 0 Å². The zero-order chi connectivity index (χ0) is 19.2. The van der Waals surface area contributed by atoms with Gasteiger partial charge in [-0.25, -0.2) is 14.6 Å². The standard InChI is InChI=1S/C20H23N5O2/c1-14(2)16-6-4-8-18(10-16)27-15(3)20(26)23-11-17-7-5-9-22-19(17)25-13-21-12-24-25/h4-10,12-15H,11H2,1-3H3,(H,23,26)/t15-/m1/s1. The summed E-state index contributed by atoms with van der Waals surface area (Å²) in [5.74, 6) is 1.53. The van der Waals surface area contributed by atoms with Gasteiger partial charge in [0.1, 0.15) is 18.4 Å². The number of nitrogens with one attached hydrogen (secondary N) is 1. The van der Waals surface area contributed by atoms with E-state index in [4.69, 9.17) is 4.74 Å². The monoisotopic (exact) mass is 365 g/mol. The molecule has 0 saturated carbocycles. The summed E-state index contributed by atoms with van der Waals surface area (Å²) in [5, 5.41) is 6.99. The molecule has 140 valence electrons. The van der Waals surface area contributed by atoms with Gasteiger partial charge in [-0.15, -0.1) is 0 Å². The first-order valence-corrected chi connectivity index (χ1v) is 8.88. The van der Waals surface area contributed by atoms with Crippen LogP contribution < -0.4 is 10.1 Å². The van der Waals surface area contributed by atoms with Gasteiger partial charge in [-0.2, -0.15) is 5.10 Å². The van der Waals surface area contributed by atoms with Crippen molar-refractivity contribution in [2.24, 2.45) is 0 Å². The predicted molar refractivity (Wildman–Crippen MR) is 102 cm³/mol. The Morgan fingerprint density at radius 3 is 2.81 bits per heavy atom. The minimum absolute atomic E-state index is 0.196. The Morgan fingerprint density at radius 1 is 1.22 bits per heavy atom. The van der Waals surface area contributed by atoms with Crippen LogP contribution in [0.5, 0.6) is 5.75 Å². The first-order chi connectivity index (χ1) is 13.0. The Labute approximate surface area is 158 Å². The molecule has 0 aliphatic carbocycles. The number of benzene rings is 1. The molecule has 0 radical (unpaired) electrons. The number of hydrogen-bond acceptors (Lipinski definition) is 5. The number of carbonyl (C=O) groups excluding carboxylic acids is 1. The second-order valence-corrected chi connectivity index (χ2v) is 6.53. The number of pyridine rings is 1. The number of nitrogens with zero attached hydrogens (tertiary/aromatic N) is 4. The first kappa shape index (κ1) is 18.6. The van der Waals surface area contributed by atoms with Crippen LogP contribution >= 0.6 is 0 Å². The maximum Gasteiger partial charge on any atom is 0.261 e. The Kier molecular flexibility index (Phi) is 5.80. The Bertz CT molecular complexity index is 893. The number of ether oxygens (including phenoxy) is 1. The lowest BCUT2D eigenvalue weighted by Crippen LogP contribution is -2.36. The maximum absolute atomic E-state index is 12.4. The average Bonchev–Trinajstić information content (AvgIpc) is 3.21. The molecule has 0 aliphatic heterocycles. The van der Waals surface area contributed by atoms with Gasteiger partial charge in [0.05, 0.1) is 0 Å². The quantitative estimate of drug-likeness (QED) is 0.696. The normalized spacial score (nSPS) is 12.0. The van der Waals surface area contributed by atoms with Crippen molar-refractivity contribution >= 4 is 5.91 Å². The fourth-order valence-electron chi connectivity index (χ4n) is 2.62. The highest BCUT2D eigenvalue weighted by molar-refractivity contribution is 5.80. The molecule has 2 heterocycles.